The van der Waals surface area contributed by atoms with Crippen molar-refractivity contribution in [1.29, 1.82) is 0 Å². The van der Waals surface area contributed by atoms with Crippen molar-refractivity contribution in [2.24, 2.45) is 4.99 Å². The van der Waals surface area contributed by atoms with E-state index in [2.05, 4.69) is 50.4 Å². The van der Waals surface area contributed by atoms with Crippen LogP contribution < -0.4 is 10.6 Å². The van der Waals surface area contributed by atoms with Crippen molar-refractivity contribution in [3.8, 4) is 0 Å². The molecule has 2 N–H and O–H groups in total. The Morgan fingerprint density at radius 3 is 2.96 bits per heavy atom. The zero-order valence-electron chi connectivity index (χ0n) is 15.7. The Morgan fingerprint density at radius 1 is 1.41 bits per heavy atom. The minimum atomic E-state index is -0.170. The van der Waals surface area contributed by atoms with E-state index in [9.17, 15) is 4.79 Å². The average Bonchev–Trinajstić information content (AvgIpc) is 3.19. The maximum absolute atomic E-state index is 12.0. The number of halogens is 1. The van der Waals surface area contributed by atoms with Gasteiger partial charge in [-0.3, -0.25) is 4.99 Å². The number of allylic oxidation sites excluding steroid dienone is 2. The highest BCUT2D eigenvalue weighted by atomic mass is 127. The fourth-order valence-corrected chi connectivity index (χ4v) is 2.79. The highest BCUT2D eigenvalue weighted by molar-refractivity contribution is 14.1. The molecule has 1 aromatic carbocycles. The maximum atomic E-state index is 12.0. The molecule has 1 heterocycles. The van der Waals surface area contributed by atoms with E-state index in [0.29, 0.717) is 19.5 Å². The van der Waals surface area contributed by atoms with Crippen LogP contribution in [0.3, 0.4) is 0 Å². The number of nitrogens with one attached hydrogen (secondary N) is 2. The van der Waals surface area contributed by atoms with E-state index < -0.39 is 0 Å². The minimum Gasteiger partial charge on any atom is -0.338 e. The molecule has 0 radical (unpaired) electrons. The highest BCUT2D eigenvalue weighted by Gasteiger charge is 2.05. The molecule has 0 spiro atoms. The summed E-state index contributed by atoms with van der Waals surface area (Å²) in [5, 5.41) is 5.78. The summed E-state index contributed by atoms with van der Waals surface area (Å²) in [6.07, 6.45) is 10.1. The van der Waals surface area contributed by atoms with Gasteiger partial charge in [0.15, 0.2) is 0 Å². The number of hydrogen-bond donors (Lipinski definition) is 2. The van der Waals surface area contributed by atoms with Gasteiger partial charge in [-0.25, -0.2) is 9.78 Å². The predicted octanol–water partition coefficient (Wildman–Crippen LogP) is 4.03. The van der Waals surface area contributed by atoms with E-state index in [4.69, 9.17) is 4.99 Å². The van der Waals surface area contributed by atoms with Gasteiger partial charge >= 0.3 is 6.03 Å². The second kappa shape index (κ2) is 11.5. The highest BCUT2D eigenvalue weighted by Crippen LogP contribution is 2.08. The number of hydrogen-bond acceptors (Lipinski definition) is 3. The number of aryl methyl sites for hydroxylation is 1. The van der Waals surface area contributed by atoms with Gasteiger partial charge in [0, 0.05) is 42.0 Å². The Morgan fingerprint density at radius 2 is 2.26 bits per heavy atom. The second-order valence-corrected chi connectivity index (χ2v) is 7.05. The van der Waals surface area contributed by atoms with Crippen LogP contribution in [0.1, 0.15) is 30.6 Å². The first kappa shape index (κ1) is 21.1. The number of carbonyl (C=O) groups excluding carboxylic acids is 1. The van der Waals surface area contributed by atoms with Gasteiger partial charge in [-0.2, -0.15) is 0 Å². The average molecular weight is 479 g/mol. The van der Waals surface area contributed by atoms with Crippen molar-refractivity contribution in [3.63, 3.8) is 0 Å². The van der Waals surface area contributed by atoms with Crippen LogP contribution in [0, 0.1) is 6.92 Å². The topological polar surface area (TPSA) is 71.3 Å². The van der Waals surface area contributed by atoms with Crippen molar-refractivity contribution >= 4 is 34.3 Å². The van der Waals surface area contributed by atoms with E-state index in [1.165, 1.54) is 5.56 Å². The molecule has 144 valence electrons. The molecule has 1 unspecified atom stereocenters. The Kier molecular flexibility index (Phi) is 9.03. The maximum Gasteiger partial charge on any atom is 0.315 e. The molecule has 2 rings (SSSR count). The van der Waals surface area contributed by atoms with Gasteiger partial charge in [0.25, 0.3) is 0 Å². The van der Waals surface area contributed by atoms with Crippen LogP contribution >= 0.6 is 22.6 Å². The summed E-state index contributed by atoms with van der Waals surface area (Å²) in [5.41, 5.74) is 3.23. The fourth-order valence-electron chi connectivity index (χ4n) is 2.54. The quantitative estimate of drug-likeness (QED) is 0.324. The zero-order valence-corrected chi connectivity index (χ0v) is 17.9. The largest absolute Gasteiger partial charge is 0.338 e. The van der Waals surface area contributed by atoms with Crippen molar-refractivity contribution in [2.45, 2.75) is 33.0 Å². The molecule has 0 fully saturated rings. The van der Waals surface area contributed by atoms with E-state index in [1.807, 2.05) is 48.9 Å². The van der Waals surface area contributed by atoms with Gasteiger partial charge in [0.05, 0.1) is 6.33 Å². The normalized spacial score (nSPS) is 12.9. The van der Waals surface area contributed by atoms with Crippen LogP contribution in [0.5, 0.6) is 0 Å². The summed E-state index contributed by atoms with van der Waals surface area (Å²) >= 11 is 2.30. The molecule has 2 amide bonds. The molecule has 0 aliphatic carbocycles. The molecule has 1 atom stereocenters. The number of urea groups is 1. The molecule has 2 aromatic rings. The molecule has 0 aliphatic heterocycles. The molecule has 6 nitrogen and oxygen atoms in total. The lowest BCUT2D eigenvalue weighted by atomic mass is 10.1. The van der Waals surface area contributed by atoms with Gasteiger partial charge in [-0.15, -0.1) is 0 Å². The van der Waals surface area contributed by atoms with E-state index in [1.54, 1.807) is 12.5 Å². The number of benzene rings is 1. The van der Waals surface area contributed by atoms with E-state index in [0.717, 1.165) is 15.7 Å². The molecule has 0 saturated carbocycles. The predicted molar refractivity (Wildman–Crippen MR) is 118 cm³/mol. The summed E-state index contributed by atoms with van der Waals surface area (Å²) in [5.74, 6) is 0. The number of nitrogens with zero attached hydrogens (tertiary/aromatic N) is 3. The first-order chi connectivity index (χ1) is 13.1. The molecule has 27 heavy (non-hydrogen) atoms. The van der Waals surface area contributed by atoms with Gasteiger partial charge in [0.2, 0.25) is 0 Å². The summed E-state index contributed by atoms with van der Waals surface area (Å²) in [7, 11) is 0. The Bertz CT molecular complexity index is 770. The monoisotopic (exact) mass is 479 g/mol. The number of imidazole rings is 1. The first-order valence-corrected chi connectivity index (χ1v) is 10.4. The number of alkyl halides is 1. The third kappa shape index (κ3) is 7.94. The van der Waals surface area contributed by atoms with Crippen molar-refractivity contribution in [3.05, 3.63) is 66.3 Å². The standard InChI is InChI=1S/C20H26IN5O/c1-16-5-3-6-18(13-16)14-24-20(27)23-10-8-19(7-4-9-21)25-17(2)26-12-11-22-15-26/h3-7,11-13,15,17H,8-10,14H2,1-2H3,(H2,23,24,27)/b7-4-,25-19?. The SMILES string of the molecule is Cc1cccc(CNC(=O)NCCC(/C=C\CI)=NC(C)n2ccnc2)c1. The third-order valence-electron chi connectivity index (χ3n) is 3.91. The second-order valence-electron chi connectivity index (χ2n) is 6.17. The number of carbonyl (C=O) groups is 1. The molecule has 0 bridgehead atoms. The number of aliphatic imine (C=N–C) groups is 1. The molecule has 1 aromatic heterocycles. The number of rotatable bonds is 9. The molecule has 0 aliphatic rings. The first-order valence-electron chi connectivity index (χ1n) is 8.92. The summed E-state index contributed by atoms with van der Waals surface area (Å²) < 4.78 is 2.86. The molecular weight excluding hydrogens is 453 g/mol. The summed E-state index contributed by atoms with van der Waals surface area (Å²) in [6, 6.07) is 7.94. The summed E-state index contributed by atoms with van der Waals surface area (Å²) in [6.45, 7) is 5.10. The Hall–Kier alpha value is -2.16. The van der Waals surface area contributed by atoms with Crippen molar-refractivity contribution < 1.29 is 4.79 Å². The Labute approximate surface area is 174 Å². The van der Waals surface area contributed by atoms with Gasteiger partial charge in [0.1, 0.15) is 6.17 Å². The third-order valence-corrected chi connectivity index (χ3v) is 4.42. The van der Waals surface area contributed by atoms with Gasteiger partial charge in [-0.1, -0.05) is 58.5 Å². The zero-order chi connectivity index (χ0) is 19.5. The van der Waals surface area contributed by atoms with Crippen LogP contribution in [0.2, 0.25) is 0 Å². The lowest BCUT2D eigenvalue weighted by Crippen LogP contribution is -2.36. The van der Waals surface area contributed by atoms with Crippen LogP contribution in [-0.4, -0.2) is 32.3 Å². The smallest absolute Gasteiger partial charge is 0.315 e. The van der Waals surface area contributed by atoms with Crippen LogP contribution in [-0.2, 0) is 6.54 Å². The summed E-state index contributed by atoms with van der Waals surface area (Å²) in [4.78, 5) is 20.8. The van der Waals surface area contributed by atoms with Crippen molar-refractivity contribution in [1.82, 2.24) is 20.2 Å². The van der Waals surface area contributed by atoms with E-state index >= 15 is 0 Å². The van der Waals surface area contributed by atoms with Gasteiger partial charge in [-0.05, 0) is 25.5 Å². The fraction of sp³-hybridized carbons (Fsp3) is 0.350. The van der Waals surface area contributed by atoms with E-state index in [-0.39, 0.29) is 12.2 Å². The minimum absolute atomic E-state index is 0.0310. The molecule has 7 heteroatoms. The Balaban J connectivity index is 1.81. The molecular formula is C20H26IN5O. The lowest BCUT2D eigenvalue weighted by molar-refractivity contribution is 0.241. The van der Waals surface area contributed by atoms with Crippen LogP contribution in [0.15, 0.2) is 60.1 Å². The number of aromatic nitrogens is 2. The van der Waals surface area contributed by atoms with Crippen LogP contribution in [0.4, 0.5) is 4.79 Å². The lowest BCUT2D eigenvalue weighted by Gasteiger charge is -2.11. The molecule has 0 saturated heterocycles. The van der Waals surface area contributed by atoms with Gasteiger partial charge < -0.3 is 15.2 Å². The van der Waals surface area contributed by atoms with Crippen molar-refractivity contribution in [2.75, 3.05) is 11.0 Å². The van der Waals surface area contributed by atoms with Crippen LogP contribution in [0.25, 0.3) is 0 Å². The number of amides is 2.